The molecule has 0 bridgehead atoms. The number of nitrogens with two attached hydrogens (primary N) is 1. The summed E-state index contributed by atoms with van der Waals surface area (Å²) in [6, 6.07) is 12.4. The van der Waals surface area contributed by atoms with Crippen molar-refractivity contribution in [2.24, 2.45) is 5.14 Å². The second-order valence-electron chi connectivity index (χ2n) is 8.74. The van der Waals surface area contributed by atoms with Crippen LogP contribution in [0, 0.1) is 5.82 Å². The van der Waals surface area contributed by atoms with Gasteiger partial charge in [-0.2, -0.15) is 0 Å². The molecule has 1 aliphatic heterocycles. The van der Waals surface area contributed by atoms with E-state index in [9.17, 15) is 17.6 Å². The van der Waals surface area contributed by atoms with E-state index >= 15 is 0 Å². The summed E-state index contributed by atoms with van der Waals surface area (Å²) in [6.45, 7) is 2.61. The lowest BCUT2D eigenvalue weighted by Crippen LogP contribution is -2.52. The second-order valence-corrected chi connectivity index (χ2v) is 10.3. The van der Waals surface area contributed by atoms with Crippen LogP contribution in [0.1, 0.15) is 22.4 Å². The molecule has 9 nitrogen and oxygen atoms in total. The van der Waals surface area contributed by atoms with E-state index in [1.54, 1.807) is 29.2 Å². The number of nitrogens with zero attached hydrogens (tertiary/aromatic N) is 4. The van der Waals surface area contributed by atoms with Gasteiger partial charge in [0.15, 0.2) is 0 Å². The molecular weight excluding hydrogens is 483 g/mol. The topological polar surface area (TPSA) is 122 Å². The number of piperazine rings is 1. The largest absolute Gasteiger partial charge is 0.352 e. The quantitative estimate of drug-likeness (QED) is 0.546. The van der Waals surface area contributed by atoms with Gasteiger partial charge in [0, 0.05) is 44.7 Å². The normalized spacial score (nSPS) is 15.4. The van der Waals surface area contributed by atoms with E-state index in [-0.39, 0.29) is 16.7 Å². The average molecular weight is 509 g/mol. The first-order valence-corrected chi connectivity index (χ1v) is 13.0. The maximum atomic E-state index is 13.1. The number of allylic oxidation sites excluding steroid dienone is 1. The molecule has 1 aromatic heterocycles. The van der Waals surface area contributed by atoms with E-state index in [4.69, 9.17) is 5.14 Å². The third-order valence-corrected chi connectivity index (χ3v) is 7.29. The number of fused-ring (bicyclic) bond motifs is 1. The first-order valence-electron chi connectivity index (χ1n) is 11.5. The Bertz CT molecular complexity index is 1430. The number of rotatable bonds is 5. The number of primary sulfonamides is 1. The van der Waals surface area contributed by atoms with E-state index in [1.165, 1.54) is 24.5 Å². The molecule has 2 amide bonds. The van der Waals surface area contributed by atoms with Crippen molar-refractivity contribution >= 4 is 33.5 Å². The van der Waals surface area contributed by atoms with Crippen LogP contribution in [-0.2, 0) is 23.0 Å². The molecule has 11 heteroatoms. The minimum Gasteiger partial charge on any atom is -0.352 e. The molecule has 0 saturated carbocycles. The Morgan fingerprint density at radius 1 is 1.06 bits per heavy atom. The summed E-state index contributed by atoms with van der Waals surface area (Å²) >= 11 is 0. The molecule has 3 aromatic rings. The van der Waals surface area contributed by atoms with Crippen LogP contribution in [-0.4, -0.2) is 55.5 Å². The van der Waals surface area contributed by atoms with Crippen LogP contribution in [0.5, 0.6) is 0 Å². The van der Waals surface area contributed by atoms with E-state index in [0.717, 1.165) is 33.8 Å². The van der Waals surface area contributed by atoms with Crippen LogP contribution < -0.4 is 15.4 Å². The molecule has 0 radical (unpaired) electrons. The number of amides is 2. The summed E-state index contributed by atoms with van der Waals surface area (Å²) in [5.41, 5.74) is 4.32. The summed E-state index contributed by atoms with van der Waals surface area (Å²) in [7, 11) is -3.80. The first-order chi connectivity index (χ1) is 17.3. The average Bonchev–Trinajstić information content (AvgIpc) is 3.33. The van der Waals surface area contributed by atoms with Crippen molar-refractivity contribution in [1.82, 2.24) is 20.2 Å². The highest BCUT2D eigenvalue weighted by molar-refractivity contribution is 7.89. The monoisotopic (exact) mass is 508 g/mol. The number of benzene rings is 2. The van der Waals surface area contributed by atoms with Crippen LogP contribution in [0.4, 0.5) is 15.0 Å². The minimum absolute atomic E-state index is 0.0667. The fourth-order valence-corrected chi connectivity index (χ4v) is 5.00. The van der Waals surface area contributed by atoms with Crippen LogP contribution in [0.25, 0.3) is 11.6 Å². The SMILES string of the molecule is NS(=O)(=O)c1cccc(C2=Cc3c(ncnc3N3CCN(C(=O)NCc4ccc(F)cc4)CC3)C2)c1. The Kier molecular flexibility index (Phi) is 6.42. The smallest absolute Gasteiger partial charge is 0.317 e. The van der Waals surface area contributed by atoms with Crippen LogP contribution in [0.15, 0.2) is 59.8 Å². The Hall–Kier alpha value is -3.83. The maximum Gasteiger partial charge on any atom is 0.317 e. The molecule has 36 heavy (non-hydrogen) atoms. The lowest BCUT2D eigenvalue weighted by molar-refractivity contribution is 0.194. The Morgan fingerprint density at radius 2 is 1.81 bits per heavy atom. The summed E-state index contributed by atoms with van der Waals surface area (Å²) in [6.07, 6.45) is 4.09. The van der Waals surface area contributed by atoms with E-state index < -0.39 is 10.0 Å². The molecule has 2 heterocycles. The fraction of sp³-hybridized carbons (Fsp3) is 0.240. The lowest BCUT2D eigenvalue weighted by Gasteiger charge is -2.36. The highest BCUT2D eigenvalue weighted by Gasteiger charge is 2.27. The molecule has 5 rings (SSSR count). The number of nitrogens with one attached hydrogen (secondary N) is 1. The summed E-state index contributed by atoms with van der Waals surface area (Å²) in [4.78, 5) is 25.5. The molecule has 0 atom stereocenters. The molecular formula is C25H25FN6O3S. The highest BCUT2D eigenvalue weighted by Crippen LogP contribution is 2.35. The first kappa shape index (κ1) is 23.9. The number of hydrogen-bond donors (Lipinski definition) is 2. The summed E-state index contributed by atoms with van der Waals surface area (Å²) in [5.74, 6) is 0.486. The molecule has 1 aliphatic carbocycles. The van der Waals surface area contributed by atoms with Gasteiger partial charge >= 0.3 is 6.03 Å². The summed E-state index contributed by atoms with van der Waals surface area (Å²) < 4.78 is 36.6. The third-order valence-electron chi connectivity index (χ3n) is 6.38. The lowest BCUT2D eigenvalue weighted by atomic mass is 10.1. The molecule has 1 saturated heterocycles. The predicted octanol–water partition coefficient (Wildman–Crippen LogP) is 2.39. The van der Waals surface area contributed by atoms with Gasteiger partial charge in [0.25, 0.3) is 0 Å². The molecule has 0 spiro atoms. The summed E-state index contributed by atoms with van der Waals surface area (Å²) in [5, 5.41) is 8.18. The maximum absolute atomic E-state index is 13.1. The Balaban J connectivity index is 1.25. The van der Waals surface area contributed by atoms with E-state index in [1.807, 2.05) is 12.1 Å². The van der Waals surface area contributed by atoms with Crippen LogP contribution in [0.3, 0.4) is 0 Å². The van der Waals surface area contributed by atoms with Crippen LogP contribution >= 0.6 is 0 Å². The van der Waals surface area contributed by atoms with Crippen LogP contribution in [0.2, 0.25) is 0 Å². The number of carbonyl (C=O) groups is 1. The van der Waals surface area contributed by atoms with Gasteiger partial charge in [-0.05, 0) is 47.0 Å². The zero-order chi connectivity index (χ0) is 25.3. The number of anilines is 1. The highest BCUT2D eigenvalue weighted by atomic mass is 32.2. The van der Waals surface area contributed by atoms with Crippen molar-refractivity contribution < 1.29 is 17.6 Å². The van der Waals surface area contributed by atoms with Gasteiger partial charge in [-0.3, -0.25) is 0 Å². The molecule has 1 fully saturated rings. The van der Waals surface area contributed by atoms with Crippen molar-refractivity contribution in [1.29, 1.82) is 0 Å². The van der Waals surface area contributed by atoms with Crippen molar-refractivity contribution in [3.8, 4) is 0 Å². The van der Waals surface area contributed by atoms with Crippen molar-refractivity contribution in [2.45, 2.75) is 17.9 Å². The standard InChI is InChI=1S/C25H25FN6O3S/c26-20-6-4-17(5-7-20)15-28-25(33)32-10-8-31(9-11-32)24-22-13-19(14-23(22)29-16-30-24)18-2-1-3-21(12-18)36(27,34)35/h1-7,12-13,16H,8-11,14-15H2,(H,28,33)(H2,27,34,35). The zero-order valence-corrected chi connectivity index (χ0v) is 20.2. The van der Waals surface area contributed by atoms with Crippen molar-refractivity contribution in [2.75, 3.05) is 31.1 Å². The number of hydrogen-bond acceptors (Lipinski definition) is 6. The molecule has 2 aromatic carbocycles. The zero-order valence-electron chi connectivity index (χ0n) is 19.4. The van der Waals surface area contributed by atoms with Gasteiger partial charge in [-0.1, -0.05) is 24.3 Å². The van der Waals surface area contributed by atoms with Gasteiger partial charge < -0.3 is 15.1 Å². The number of sulfonamides is 1. The molecule has 3 N–H and O–H groups in total. The Labute approximate surface area is 208 Å². The fourth-order valence-electron chi connectivity index (χ4n) is 4.44. The van der Waals surface area contributed by atoms with Crippen molar-refractivity contribution in [3.63, 3.8) is 0 Å². The number of halogens is 1. The Morgan fingerprint density at radius 3 is 2.53 bits per heavy atom. The van der Waals surface area contributed by atoms with Gasteiger partial charge in [0.05, 0.1) is 10.6 Å². The second kappa shape index (κ2) is 9.67. The van der Waals surface area contributed by atoms with Gasteiger partial charge in [-0.25, -0.2) is 32.7 Å². The minimum atomic E-state index is -3.80. The number of carbonyl (C=O) groups excluding carboxylic acids is 1. The molecule has 0 unspecified atom stereocenters. The number of urea groups is 1. The molecule has 2 aliphatic rings. The van der Waals surface area contributed by atoms with E-state index in [2.05, 4.69) is 20.2 Å². The third kappa shape index (κ3) is 5.07. The van der Waals surface area contributed by atoms with E-state index in [0.29, 0.717) is 39.1 Å². The van der Waals surface area contributed by atoms with Gasteiger partial charge in [0.2, 0.25) is 10.0 Å². The number of aromatic nitrogens is 2. The van der Waals surface area contributed by atoms with Gasteiger partial charge in [0.1, 0.15) is 18.0 Å². The molecule has 186 valence electrons. The van der Waals surface area contributed by atoms with Gasteiger partial charge in [-0.15, -0.1) is 0 Å². The van der Waals surface area contributed by atoms with Crippen molar-refractivity contribution in [3.05, 3.63) is 83.1 Å². The predicted molar refractivity (Wildman–Crippen MR) is 134 cm³/mol.